The SMILES string of the molecule is C[C@H](NC(=O)C(C)(Cc1c[nH]c2ccccc12)NCc1ccn[nH]1)c1ccccc1. The highest BCUT2D eigenvalue weighted by molar-refractivity contribution is 5.89. The molecule has 2 heterocycles. The molecule has 0 saturated carbocycles. The summed E-state index contributed by atoms with van der Waals surface area (Å²) in [5, 5.41) is 14.7. The summed E-state index contributed by atoms with van der Waals surface area (Å²) in [6.45, 7) is 4.48. The largest absolute Gasteiger partial charge is 0.361 e. The number of aromatic nitrogens is 3. The van der Waals surface area contributed by atoms with Crippen LogP contribution >= 0.6 is 0 Å². The Labute approximate surface area is 176 Å². The fraction of sp³-hybridized carbons (Fsp3) is 0.250. The Balaban J connectivity index is 1.58. The molecule has 0 fully saturated rings. The Kier molecular flexibility index (Phi) is 5.68. The Morgan fingerprint density at radius 3 is 2.63 bits per heavy atom. The molecule has 2 atom stereocenters. The number of carbonyl (C=O) groups excluding carboxylic acids is 1. The zero-order chi connectivity index (χ0) is 21.0. The van der Waals surface area contributed by atoms with Crippen molar-refractivity contribution in [2.45, 2.75) is 38.4 Å². The molecule has 0 radical (unpaired) electrons. The quantitative estimate of drug-likeness (QED) is 0.362. The van der Waals surface area contributed by atoms with E-state index in [1.54, 1.807) is 6.20 Å². The zero-order valence-corrected chi connectivity index (χ0v) is 17.3. The third-order valence-electron chi connectivity index (χ3n) is 5.59. The van der Waals surface area contributed by atoms with Gasteiger partial charge in [0, 0.05) is 42.0 Å². The maximum absolute atomic E-state index is 13.5. The minimum absolute atomic E-state index is 0.0383. The van der Waals surface area contributed by atoms with Crippen LogP contribution in [-0.2, 0) is 17.8 Å². The average Bonchev–Trinajstić information content (AvgIpc) is 3.43. The zero-order valence-electron chi connectivity index (χ0n) is 17.3. The Bertz CT molecular complexity index is 1100. The van der Waals surface area contributed by atoms with Crippen molar-refractivity contribution in [1.82, 2.24) is 25.8 Å². The number of amides is 1. The molecule has 1 amide bonds. The Morgan fingerprint density at radius 1 is 1.10 bits per heavy atom. The summed E-state index contributed by atoms with van der Waals surface area (Å²) in [5.74, 6) is -0.0383. The number of nitrogens with one attached hydrogen (secondary N) is 4. The Hall–Kier alpha value is -3.38. The van der Waals surface area contributed by atoms with E-state index >= 15 is 0 Å². The second-order valence-corrected chi connectivity index (χ2v) is 7.91. The predicted molar refractivity (Wildman–Crippen MR) is 119 cm³/mol. The molecule has 4 rings (SSSR count). The topological polar surface area (TPSA) is 85.6 Å². The van der Waals surface area contributed by atoms with Crippen LogP contribution < -0.4 is 10.6 Å². The lowest BCUT2D eigenvalue weighted by molar-refractivity contribution is -0.127. The van der Waals surface area contributed by atoms with E-state index < -0.39 is 5.54 Å². The Morgan fingerprint density at radius 2 is 1.87 bits per heavy atom. The van der Waals surface area contributed by atoms with Crippen LogP contribution in [-0.4, -0.2) is 26.6 Å². The van der Waals surface area contributed by atoms with Gasteiger partial charge in [0.15, 0.2) is 0 Å². The second kappa shape index (κ2) is 8.55. The molecule has 1 unspecified atom stereocenters. The van der Waals surface area contributed by atoms with E-state index in [4.69, 9.17) is 0 Å². The molecule has 4 N–H and O–H groups in total. The number of fused-ring (bicyclic) bond motifs is 1. The molecule has 0 aliphatic heterocycles. The highest BCUT2D eigenvalue weighted by atomic mass is 16.2. The van der Waals surface area contributed by atoms with Gasteiger partial charge in [-0.3, -0.25) is 15.2 Å². The third-order valence-corrected chi connectivity index (χ3v) is 5.59. The summed E-state index contributed by atoms with van der Waals surface area (Å²) < 4.78 is 0. The lowest BCUT2D eigenvalue weighted by atomic mass is 9.90. The van der Waals surface area contributed by atoms with Crippen LogP contribution in [0.5, 0.6) is 0 Å². The number of para-hydroxylation sites is 1. The van der Waals surface area contributed by atoms with E-state index in [0.717, 1.165) is 27.7 Å². The molecule has 2 aromatic carbocycles. The van der Waals surface area contributed by atoms with E-state index in [0.29, 0.717) is 13.0 Å². The van der Waals surface area contributed by atoms with E-state index in [1.165, 1.54) is 0 Å². The van der Waals surface area contributed by atoms with Gasteiger partial charge >= 0.3 is 0 Å². The van der Waals surface area contributed by atoms with Crippen LogP contribution in [0.25, 0.3) is 10.9 Å². The molecule has 0 aliphatic rings. The minimum Gasteiger partial charge on any atom is -0.361 e. The number of aromatic amines is 2. The summed E-state index contributed by atoms with van der Waals surface area (Å²) in [7, 11) is 0. The lowest BCUT2D eigenvalue weighted by Gasteiger charge is -2.31. The first kappa shape index (κ1) is 19.9. The van der Waals surface area contributed by atoms with Gasteiger partial charge in [0.05, 0.1) is 11.6 Å². The molecule has 2 aromatic heterocycles. The van der Waals surface area contributed by atoms with Crippen molar-refractivity contribution in [3.8, 4) is 0 Å². The molecular formula is C24H27N5O. The van der Waals surface area contributed by atoms with E-state index in [2.05, 4.69) is 31.9 Å². The number of hydrogen-bond donors (Lipinski definition) is 4. The van der Waals surface area contributed by atoms with E-state index in [9.17, 15) is 4.79 Å². The summed E-state index contributed by atoms with van der Waals surface area (Å²) in [4.78, 5) is 16.8. The van der Waals surface area contributed by atoms with Gasteiger partial charge in [-0.25, -0.2) is 0 Å². The number of hydrogen-bond acceptors (Lipinski definition) is 3. The van der Waals surface area contributed by atoms with Crippen LogP contribution in [0.4, 0.5) is 0 Å². The highest BCUT2D eigenvalue weighted by Crippen LogP contribution is 2.24. The van der Waals surface area contributed by atoms with E-state index in [1.807, 2.05) is 74.6 Å². The maximum atomic E-state index is 13.5. The molecule has 6 heteroatoms. The number of nitrogens with zero attached hydrogens (tertiary/aromatic N) is 1. The average molecular weight is 402 g/mol. The van der Waals surface area contributed by atoms with Crippen molar-refractivity contribution in [2.24, 2.45) is 0 Å². The van der Waals surface area contributed by atoms with Crippen molar-refractivity contribution in [3.63, 3.8) is 0 Å². The van der Waals surface area contributed by atoms with Gasteiger partial charge in [0.1, 0.15) is 0 Å². The van der Waals surface area contributed by atoms with Gasteiger partial charge in [0.2, 0.25) is 5.91 Å². The van der Waals surface area contributed by atoms with Gasteiger partial charge in [-0.1, -0.05) is 48.5 Å². The fourth-order valence-electron chi connectivity index (χ4n) is 3.74. The summed E-state index contributed by atoms with van der Waals surface area (Å²) in [6, 6.07) is 20.0. The molecular weight excluding hydrogens is 374 g/mol. The van der Waals surface area contributed by atoms with Gasteiger partial charge < -0.3 is 10.3 Å². The van der Waals surface area contributed by atoms with Crippen LogP contribution in [0.1, 0.15) is 36.7 Å². The van der Waals surface area contributed by atoms with Crippen LogP contribution in [0.3, 0.4) is 0 Å². The molecule has 6 nitrogen and oxygen atoms in total. The lowest BCUT2D eigenvalue weighted by Crippen LogP contribution is -2.56. The first-order valence-electron chi connectivity index (χ1n) is 10.2. The van der Waals surface area contributed by atoms with Crippen molar-refractivity contribution in [2.75, 3.05) is 0 Å². The smallest absolute Gasteiger partial charge is 0.240 e. The normalized spacial score (nSPS) is 14.3. The monoisotopic (exact) mass is 401 g/mol. The van der Waals surface area contributed by atoms with Crippen molar-refractivity contribution in [1.29, 1.82) is 0 Å². The van der Waals surface area contributed by atoms with Gasteiger partial charge in [0.25, 0.3) is 0 Å². The molecule has 0 bridgehead atoms. The van der Waals surface area contributed by atoms with E-state index in [-0.39, 0.29) is 11.9 Å². The summed E-state index contributed by atoms with van der Waals surface area (Å²) >= 11 is 0. The van der Waals surface area contributed by atoms with Gasteiger partial charge in [-0.2, -0.15) is 5.10 Å². The molecule has 0 aliphatic carbocycles. The van der Waals surface area contributed by atoms with Crippen LogP contribution in [0, 0.1) is 0 Å². The molecule has 4 aromatic rings. The standard InChI is InChI=1S/C24H27N5O/c1-17(18-8-4-3-5-9-18)28-23(30)24(2,26-16-20-12-13-27-29-20)14-19-15-25-22-11-7-6-10-21(19)22/h3-13,15,17,25-26H,14,16H2,1-2H3,(H,27,29)(H,28,30)/t17-,24?/m0/s1. The maximum Gasteiger partial charge on any atom is 0.240 e. The summed E-state index contributed by atoms with van der Waals surface area (Å²) in [5.41, 5.74) is 3.38. The van der Waals surface area contributed by atoms with Crippen molar-refractivity contribution < 1.29 is 4.79 Å². The number of H-pyrrole nitrogens is 2. The third kappa shape index (κ3) is 4.28. The molecule has 30 heavy (non-hydrogen) atoms. The van der Waals surface area contributed by atoms with Crippen LogP contribution in [0.15, 0.2) is 73.1 Å². The molecule has 0 saturated heterocycles. The number of benzene rings is 2. The highest BCUT2D eigenvalue weighted by Gasteiger charge is 2.34. The summed E-state index contributed by atoms with van der Waals surface area (Å²) in [6.07, 6.45) is 4.26. The second-order valence-electron chi connectivity index (χ2n) is 7.91. The molecule has 154 valence electrons. The number of carbonyl (C=O) groups is 1. The predicted octanol–water partition coefficient (Wildman–Crippen LogP) is 3.86. The number of rotatable bonds is 8. The molecule has 0 spiro atoms. The van der Waals surface area contributed by atoms with Gasteiger partial charge in [-0.15, -0.1) is 0 Å². The van der Waals surface area contributed by atoms with Crippen LogP contribution in [0.2, 0.25) is 0 Å². The first-order valence-corrected chi connectivity index (χ1v) is 10.2. The van der Waals surface area contributed by atoms with Gasteiger partial charge in [-0.05, 0) is 37.1 Å². The minimum atomic E-state index is -0.806. The fourth-order valence-corrected chi connectivity index (χ4v) is 3.74. The van der Waals surface area contributed by atoms with Crippen molar-refractivity contribution in [3.05, 3.63) is 89.9 Å². The van der Waals surface area contributed by atoms with Crippen molar-refractivity contribution >= 4 is 16.8 Å². The first-order chi connectivity index (χ1) is 14.5.